The van der Waals surface area contributed by atoms with Crippen molar-refractivity contribution >= 4 is 17.7 Å². The Morgan fingerprint density at radius 3 is 2.38 bits per heavy atom. The van der Waals surface area contributed by atoms with Gasteiger partial charge in [-0.3, -0.25) is 9.59 Å². The Morgan fingerprint density at radius 1 is 1.03 bits per heavy atom. The van der Waals surface area contributed by atoms with Crippen molar-refractivity contribution in [2.24, 2.45) is 34.5 Å². The smallest absolute Gasteiger partial charge is 0.407 e. The average Bonchev–Trinajstić information content (AvgIpc) is 3.24. The van der Waals surface area contributed by atoms with E-state index in [0.29, 0.717) is 24.8 Å². The van der Waals surface area contributed by atoms with E-state index in [1.54, 1.807) is 6.92 Å². The van der Waals surface area contributed by atoms with Crippen molar-refractivity contribution in [2.75, 3.05) is 26.2 Å². The lowest BCUT2D eigenvalue weighted by atomic mass is 9.46. The SMILES string of the molecule is CCCCN(CCCC)CCCNC(=O)OC1C[C@]2(C)[C@@H](C(C)=O)CC[C@H]2[C@@H]2CCC3=CC(=O)CC[C@]3(C)[C@@H]12. The molecule has 0 aromatic carbocycles. The van der Waals surface area contributed by atoms with E-state index in [0.717, 1.165) is 64.6 Å². The van der Waals surface area contributed by atoms with E-state index in [4.69, 9.17) is 4.74 Å². The summed E-state index contributed by atoms with van der Waals surface area (Å²) >= 11 is 0. The second kappa shape index (κ2) is 12.9. The fourth-order valence-corrected chi connectivity index (χ4v) is 9.20. The molecule has 0 spiro atoms. The maximum absolute atomic E-state index is 13.2. The van der Waals surface area contributed by atoms with Crippen LogP contribution < -0.4 is 5.32 Å². The van der Waals surface area contributed by atoms with Crippen LogP contribution in [0.15, 0.2) is 11.6 Å². The van der Waals surface area contributed by atoms with Gasteiger partial charge in [0.05, 0.1) is 0 Å². The summed E-state index contributed by atoms with van der Waals surface area (Å²) in [6.07, 6.45) is 13.3. The fourth-order valence-electron chi connectivity index (χ4n) is 9.20. The van der Waals surface area contributed by atoms with Crippen LogP contribution in [-0.2, 0) is 14.3 Å². The zero-order chi connectivity index (χ0) is 28.2. The van der Waals surface area contributed by atoms with E-state index in [9.17, 15) is 14.4 Å². The number of hydrogen-bond acceptors (Lipinski definition) is 5. The third-order valence-corrected chi connectivity index (χ3v) is 11.2. The van der Waals surface area contributed by atoms with Gasteiger partial charge >= 0.3 is 6.09 Å². The predicted octanol–water partition coefficient (Wildman–Crippen LogP) is 6.72. The second-order valence-electron chi connectivity index (χ2n) is 13.6. The molecule has 0 radical (unpaired) electrons. The Bertz CT molecular complexity index is 923. The highest BCUT2D eigenvalue weighted by Gasteiger charge is 2.63. The number of nitrogens with zero attached hydrogens (tertiary/aromatic N) is 1. The molecule has 4 aliphatic rings. The molecule has 4 rings (SSSR count). The standard InChI is InChI=1S/C33H54N2O4/c1-6-8-18-35(19-9-7-2)20-10-17-34-31(38)39-29-22-33(5)27(23(3)36)13-14-28(33)26-12-11-24-21-25(37)15-16-32(24,4)30(26)29/h21,26-30H,6-20,22H2,1-5H3,(H,34,38)/t26-,27+,28-,29?,30+,32-,33+/m0/s1. The number of carbonyl (C=O) groups is 3. The van der Waals surface area contributed by atoms with Gasteiger partial charge in [-0.25, -0.2) is 4.79 Å². The Hall–Kier alpha value is -1.69. The molecule has 3 saturated carbocycles. The number of Topliss-reactive ketones (excluding diaryl/α,β-unsaturated/α-hetero) is 1. The zero-order valence-electron chi connectivity index (χ0n) is 25.4. The Morgan fingerprint density at radius 2 is 1.72 bits per heavy atom. The highest BCUT2D eigenvalue weighted by atomic mass is 16.6. The van der Waals surface area contributed by atoms with Gasteiger partial charge in [-0.15, -0.1) is 0 Å². The van der Waals surface area contributed by atoms with Crippen molar-refractivity contribution in [1.82, 2.24) is 10.2 Å². The van der Waals surface area contributed by atoms with Gasteiger partial charge in [-0.05, 0) is 113 Å². The van der Waals surface area contributed by atoms with E-state index in [2.05, 4.69) is 37.9 Å². The lowest BCUT2D eigenvalue weighted by Crippen LogP contribution is -2.58. The predicted molar refractivity (Wildman–Crippen MR) is 155 cm³/mol. The molecule has 0 heterocycles. The minimum atomic E-state index is -0.321. The van der Waals surface area contributed by atoms with Crippen LogP contribution in [0.25, 0.3) is 0 Å². The molecule has 0 aromatic rings. The van der Waals surface area contributed by atoms with Gasteiger partial charge in [-0.2, -0.15) is 0 Å². The van der Waals surface area contributed by atoms with Crippen LogP contribution >= 0.6 is 0 Å². The summed E-state index contributed by atoms with van der Waals surface area (Å²) in [5.41, 5.74) is 1.02. The topological polar surface area (TPSA) is 75.7 Å². The van der Waals surface area contributed by atoms with Gasteiger partial charge in [-0.1, -0.05) is 46.1 Å². The molecule has 39 heavy (non-hydrogen) atoms. The lowest BCUT2D eigenvalue weighted by molar-refractivity contribution is -0.144. The molecular formula is C33H54N2O4. The molecule has 6 nitrogen and oxygen atoms in total. The summed E-state index contributed by atoms with van der Waals surface area (Å²) in [5.74, 6) is 1.68. The summed E-state index contributed by atoms with van der Waals surface area (Å²) in [7, 11) is 0. The van der Waals surface area contributed by atoms with Gasteiger partial charge in [0.2, 0.25) is 0 Å². The summed E-state index contributed by atoms with van der Waals surface area (Å²) in [6.45, 7) is 14.7. The number of rotatable bonds is 12. The van der Waals surface area contributed by atoms with Crippen molar-refractivity contribution in [3.63, 3.8) is 0 Å². The van der Waals surface area contributed by atoms with Crippen molar-refractivity contribution in [2.45, 2.75) is 118 Å². The van der Waals surface area contributed by atoms with E-state index < -0.39 is 0 Å². The molecule has 1 amide bonds. The van der Waals surface area contributed by atoms with E-state index in [-0.39, 0.29) is 46.4 Å². The van der Waals surface area contributed by atoms with E-state index >= 15 is 0 Å². The van der Waals surface area contributed by atoms with Crippen molar-refractivity contribution in [3.8, 4) is 0 Å². The lowest BCUT2D eigenvalue weighted by Gasteiger charge is -2.60. The molecule has 1 N–H and O–H groups in total. The molecule has 0 saturated heterocycles. The van der Waals surface area contributed by atoms with Crippen LogP contribution in [0, 0.1) is 34.5 Å². The molecule has 4 aliphatic carbocycles. The number of alkyl carbamates (subject to hydrolysis) is 1. The number of ketones is 2. The van der Waals surface area contributed by atoms with Crippen LogP contribution in [-0.4, -0.2) is 54.8 Å². The third kappa shape index (κ3) is 6.31. The number of fused-ring (bicyclic) bond motifs is 5. The highest BCUT2D eigenvalue weighted by molar-refractivity contribution is 5.91. The summed E-state index contributed by atoms with van der Waals surface area (Å²) < 4.78 is 6.35. The monoisotopic (exact) mass is 542 g/mol. The number of unbranched alkanes of at least 4 members (excludes halogenated alkanes) is 2. The van der Waals surface area contributed by atoms with Gasteiger partial charge < -0.3 is 15.0 Å². The van der Waals surface area contributed by atoms with Crippen molar-refractivity contribution < 1.29 is 19.1 Å². The van der Waals surface area contributed by atoms with Crippen LogP contribution in [0.2, 0.25) is 0 Å². The van der Waals surface area contributed by atoms with Crippen molar-refractivity contribution in [1.29, 1.82) is 0 Å². The molecule has 0 aromatic heterocycles. The van der Waals surface area contributed by atoms with Crippen LogP contribution in [0.5, 0.6) is 0 Å². The molecule has 0 bridgehead atoms. The first-order valence-corrected chi connectivity index (χ1v) is 16.0. The zero-order valence-corrected chi connectivity index (χ0v) is 25.4. The number of nitrogens with one attached hydrogen (secondary N) is 1. The molecular weight excluding hydrogens is 488 g/mol. The quantitative estimate of drug-likeness (QED) is 0.277. The normalized spacial score (nSPS) is 35.6. The molecule has 220 valence electrons. The maximum atomic E-state index is 13.2. The minimum absolute atomic E-state index is 0.0486. The fraction of sp³-hybridized carbons (Fsp3) is 0.848. The van der Waals surface area contributed by atoms with Crippen molar-refractivity contribution in [3.05, 3.63) is 11.6 Å². The Balaban J connectivity index is 1.45. The molecule has 6 heteroatoms. The second-order valence-corrected chi connectivity index (χ2v) is 13.6. The van der Waals surface area contributed by atoms with Gasteiger partial charge in [0.15, 0.2) is 5.78 Å². The molecule has 1 unspecified atom stereocenters. The van der Waals surface area contributed by atoms with Gasteiger partial charge in [0.1, 0.15) is 11.9 Å². The summed E-state index contributed by atoms with van der Waals surface area (Å²) in [4.78, 5) is 40.8. The number of ether oxygens (including phenoxy) is 1. The van der Waals surface area contributed by atoms with Crippen LogP contribution in [0.4, 0.5) is 4.79 Å². The first kappa shape index (κ1) is 30.3. The third-order valence-electron chi connectivity index (χ3n) is 11.2. The first-order chi connectivity index (χ1) is 18.6. The number of carbonyl (C=O) groups excluding carboxylic acids is 3. The molecule has 0 aliphatic heterocycles. The van der Waals surface area contributed by atoms with E-state index in [1.165, 1.54) is 31.3 Å². The minimum Gasteiger partial charge on any atom is -0.446 e. The van der Waals surface area contributed by atoms with E-state index in [1.807, 2.05) is 6.08 Å². The van der Waals surface area contributed by atoms with Gasteiger partial charge in [0.25, 0.3) is 0 Å². The maximum Gasteiger partial charge on any atom is 0.407 e. The molecule has 7 atom stereocenters. The highest BCUT2D eigenvalue weighted by Crippen LogP contribution is 2.67. The average molecular weight is 543 g/mol. The van der Waals surface area contributed by atoms with Gasteiger partial charge in [0, 0.05) is 24.8 Å². The summed E-state index contributed by atoms with van der Waals surface area (Å²) in [6, 6.07) is 0. The Labute approximate surface area is 237 Å². The van der Waals surface area contributed by atoms with Crippen LogP contribution in [0.1, 0.15) is 112 Å². The largest absolute Gasteiger partial charge is 0.446 e. The Kier molecular flexibility index (Phi) is 9.99. The summed E-state index contributed by atoms with van der Waals surface area (Å²) in [5, 5.41) is 3.07. The number of allylic oxidation sites excluding steroid dienone is 1. The van der Waals surface area contributed by atoms with Crippen LogP contribution in [0.3, 0.4) is 0 Å². The number of hydrogen-bond donors (Lipinski definition) is 1. The first-order valence-electron chi connectivity index (χ1n) is 16.0. The molecule has 3 fully saturated rings. The number of amides is 1.